The SMILES string of the molecule is O=C(Nc1ccc(CCN2CCSCC2)cc1)c1cnc(-c2ccccc2)s1. The summed E-state index contributed by atoms with van der Waals surface area (Å²) < 4.78 is 0. The van der Waals surface area contributed by atoms with Crippen molar-refractivity contribution in [3.8, 4) is 10.6 Å². The van der Waals surface area contributed by atoms with Gasteiger partial charge in [-0.1, -0.05) is 42.5 Å². The van der Waals surface area contributed by atoms with Crippen molar-refractivity contribution in [3.63, 3.8) is 0 Å². The summed E-state index contributed by atoms with van der Waals surface area (Å²) in [5, 5.41) is 3.83. The monoisotopic (exact) mass is 409 g/mol. The van der Waals surface area contributed by atoms with E-state index in [9.17, 15) is 4.79 Å². The van der Waals surface area contributed by atoms with Crippen LogP contribution < -0.4 is 5.32 Å². The Labute approximate surface area is 174 Å². The largest absolute Gasteiger partial charge is 0.321 e. The third-order valence-corrected chi connectivity index (χ3v) is 6.77. The summed E-state index contributed by atoms with van der Waals surface area (Å²) in [5.74, 6) is 2.38. The molecule has 4 nitrogen and oxygen atoms in total. The van der Waals surface area contributed by atoms with Crippen LogP contribution in [0.4, 0.5) is 5.69 Å². The molecule has 6 heteroatoms. The minimum absolute atomic E-state index is 0.113. The van der Waals surface area contributed by atoms with Crippen LogP contribution in [0.2, 0.25) is 0 Å². The van der Waals surface area contributed by atoms with Crippen LogP contribution in [-0.2, 0) is 6.42 Å². The van der Waals surface area contributed by atoms with Crippen molar-refractivity contribution in [2.24, 2.45) is 0 Å². The molecule has 4 rings (SSSR count). The van der Waals surface area contributed by atoms with Gasteiger partial charge in [-0.15, -0.1) is 11.3 Å². The fraction of sp³-hybridized carbons (Fsp3) is 0.273. The minimum atomic E-state index is -0.113. The molecule has 3 aromatic rings. The predicted molar refractivity (Wildman–Crippen MR) is 119 cm³/mol. The van der Waals surface area contributed by atoms with Gasteiger partial charge in [0.2, 0.25) is 0 Å². The Balaban J connectivity index is 1.32. The molecule has 1 aliphatic heterocycles. The van der Waals surface area contributed by atoms with Crippen molar-refractivity contribution in [3.05, 3.63) is 71.2 Å². The van der Waals surface area contributed by atoms with E-state index in [4.69, 9.17) is 0 Å². The number of aromatic nitrogens is 1. The molecular formula is C22H23N3OS2. The first-order chi connectivity index (χ1) is 13.8. The summed E-state index contributed by atoms with van der Waals surface area (Å²) >= 11 is 3.45. The molecule has 0 radical (unpaired) electrons. The summed E-state index contributed by atoms with van der Waals surface area (Å²) in [4.78, 5) is 20.1. The second-order valence-corrected chi connectivity index (χ2v) is 9.01. The van der Waals surface area contributed by atoms with E-state index in [2.05, 4.69) is 27.3 Å². The molecule has 0 aliphatic carbocycles. The van der Waals surface area contributed by atoms with Gasteiger partial charge in [0.25, 0.3) is 5.91 Å². The topological polar surface area (TPSA) is 45.2 Å². The summed E-state index contributed by atoms with van der Waals surface area (Å²) in [5.41, 5.74) is 3.15. The van der Waals surface area contributed by atoms with Crippen molar-refractivity contribution in [1.82, 2.24) is 9.88 Å². The van der Waals surface area contributed by atoms with Gasteiger partial charge in [0.05, 0.1) is 6.20 Å². The molecule has 1 aliphatic rings. The van der Waals surface area contributed by atoms with Gasteiger partial charge in [-0.05, 0) is 24.1 Å². The molecular weight excluding hydrogens is 386 g/mol. The van der Waals surface area contributed by atoms with Gasteiger partial charge in [-0.3, -0.25) is 4.79 Å². The number of amides is 1. The van der Waals surface area contributed by atoms with Gasteiger partial charge in [-0.2, -0.15) is 11.8 Å². The van der Waals surface area contributed by atoms with Crippen molar-refractivity contribution < 1.29 is 4.79 Å². The second-order valence-electron chi connectivity index (χ2n) is 6.75. The second kappa shape index (κ2) is 9.37. The number of carbonyl (C=O) groups excluding carboxylic acids is 1. The third kappa shape index (κ3) is 5.01. The van der Waals surface area contributed by atoms with Crippen LogP contribution in [0.3, 0.4) is 0 Å². The van der Waals surface area contributed by atoms with Crippen LogP contribution in [0, 0.1) is 0 Å². The maximum absolute atomic E-state index is 12.5. The zero-order chi connectivity index (χ0) is 19.2. The number of thioether (sulfide) groups is 1. The molecule has 2 aromatic carbocycles. The molecule has 0 bridgehead atoms. The number of nitrogens with one attached hydrogen (secondary N) is 1. The van der Waals surface area contributed by atoms with E-state index < -0.39 is 0 Å². The zero-order valence-electron chi connectivity index (χ0n) is 15.6. The molecule has 1 aromatic heterocycles. The highest BCUT2D eigenvalue weighted by molar-refractivity contribution is 7.99. The molecule has 1 fully saturated rings. The Kier molecular flexibility index (Phi) is 6.41. The molecule has 2 heterocycles. The fourth-order valence-corrected chi connectivity index (χ4v) is 4.95. The molecule has 0 saturated carbocycles. The van der Waals surface area contributed by atoms with Crippen molar-refractivity contribution in [2.75, 3.05) is 36.5 Å². The molecule has 0 spiro atoms. The fourth-order valence-electron chi connectivity index (χ4n) is 3.15. The summed E-state index contributed by atoms with van der Waals surface area (Å²) in [6.07, 6.45) is 2.70. The van der Waals surface area contributed by atoms with Crippen molar-refractivity contribution in [1.29, 1.82) is 0 Å². The number of hydrogen-bond acceptors (Lipinski definition) is 5. The Bertz CT molecular complexity index is 903. The molecule has 1 saturated heterocycles. The van der Waals surface area contributed by atoms with Crippen LogP contribution >= 0.6 is 23.1 Å². The summed E-state index contributed by atoms with van der Waals surface area (Å²) in [6.45, 7) is 3.49. The number of thiazole rings is 1. The van der Waals surface area contributed by atoms with Crippen LogP contribution in [-0.4, -0.2) is 46.9 Å². The Morgan fingerprint density at radius 2 is 1.79 bits per heavy atom. The van der Waals surface area contributed by atoms with E-state index in [1.54, 1.807) is 6.20 Å². The van der Waals surface area contributed by atoms with Crippen LogP contribution in [0.1, 0.15) is 15.2 Å². The lowest BCUT2D eigenvalue weighted by Crippen LogP contribution is -2.34. The highest BCUT2D eigenvalue weighted by Gasteiger charge is 2.13. The average molecular weight is 410 g/mol. The molecule has 0 unspecified atom stereocenters. The van der Waals surface area contributed by atoms with Crippen LogP contribution in [0.5, 0.6) is 0 Å². The van der Waals surface area contributed by atoms with Gasteiger partial charge in [-0.25, -0.2) is 4.98 Å². The lowest BCUT2D eigenvalue weighted by atomic mass is 10.1. The van der Waals surface area contributed by atoms with E-state index in [0.717, 1.165) is 29.2 Å². The van der Waals surface area contributed by atoms with Gasteiger partial charge < -0.3 is 10.2 Å². The first kappa shape index (κ1) is 19.2. The Hall–Kier alpha value is -2.15. The van der Waals surface area contributed by atoms with Crippen LogP contribution in [0.25, 0.3) is 10.6 Å². The first-order valence-electron chi connectivity index (χ1n) is 9.49. The highest BCUT2D eigenvalue weighted by atomic mass is 32.2. The van der Waals surface area contributed by atoms with Crippen molar-refractivity contribution >= 4 is 34.7 Å². The van der Waals surface area contributed by atoms with E-state index in [-0.39, 0.29) is 5.91 Å². The zero-order valence-corrected chi connectivity index (χ0v) is 17.3. The number of hydrogen-bond donors (Lipinski definition) is 1. The Morgan fingerprint density at radius 1 is 1.04 bits per heavy atom. The summed E-state index contributed by atoms with van der Waals surface area (Å²) in [6, 6.07) is 18.1. The minimum Gasteiger partial charge on any atom is -0.321 e. The van der Waals surface area contributed by atoms with Crippen molar-refractivity contribution in [2.45, 2.75) is 6.42 Å². The number of nitrogens with zero attached hydrogens (tertiary/aromatic N) is 2. The van der Waals surface area contributed by atoms with Gasteiger partial charge in [0.1, 0.15) is 9.88 Å². The maximum Gasteiger partial charge on any atom is 0.267 e. The normalized spacial score (nSPS) is 14.7. The predicted octanol–water partition coefficient (Wildman–Crippen LogP) is 4.65. The standard InChI is InChI=1S/C22H23N3OS2/c26-21(20-16-23-22(28-20)18-4-2-1-3-5-18)24-19-8-6-17(7-9-19)10-11-25-12-14-27-15-13-25/h1-9,16H,10-15H2,(H,24,26). The molecule has 1 amide bonds. The first-order valence-corrected chi connectivity index (χ1v) is 11.5. The number of rotatable bonds is 6. The highest BCUT2D eigenvalue weighted by Crippen LogP contribution is 2.25. The van der Waals surface area contributed by atoms with Gasteiger partial charge in [0.15, 0.2) is 0 Å². The van der Waals surface area contributed by atoms with E-state index in [1.165, 1.54) is 41.5 Å². The quantitative estimate of drug-likeness (QED) is 0.643. The number of carbonyl (C=O) groups is 1. The lowest BCUT2D eigenvalue weighted by molar-refractivity contribution is 0.103. The molecule has 144 valence electrons. The molecule has 1 N–H and O–H groups in total. The van der Waals surface area contributed by atoms with E-state index in [0.29, 0.717) is 4.88 Å². The summed E-state index contributed by atoms with van der Waals surface area (Å²) in [7, 11) is 0. The van der Waals surface area contributed by atoms with Gasteiger partial charge >= 0.3 is 0 Å². The van der Waals surface area contributed by atoms with Crippen LogP contribution in [0.15, 0.2) is 60.8 Å². The van der Waals surface area contributed by atoms with E-state index in [1.807, 2.05) is 54.2 Å². The molecule has 0 atom stereocenters. The lowest BCUT2D eigenvalue weighted by Gasteiger charge is -2.26. The number of anilines is 1. The van der Waals surface area contributed by atoms with E-state index >= 15 is 0 Å². The Morgan fingerprint density at radius 3 is 2.54 bits per heavy atom. The number of benzene rings is 2. The maximum atomic E-state index is 12.5. The molecule has 28 heavy (non-hydrogen) atoms. The smallest absolute Gasteiger partial charge is 0.267 e. The average Bonchev–Trinajstić information content (AvgIpc) is 3.25. The van der Waals surface area contributed by atoms with Gasteiger partial charge in [0, 0.05) is 42.4 Å². The third-order valence-electron chi connectivity index (χ3n) is 4.78.